The van der Waals surface area contributed by atoms with Crippen molar-refractivity contribution < 1.29 is 4.39 Å². The van der Waals surface area contributed by atoms with E-state index in [4.69, 9.17) is 0 Å². The topological polar surface area (TPSA) is 69.7 Å². The number of fused-ring (bicyclic) bond motifs is 1. The lowest BCUT2D eigenvalue weighted by Gasteiger charge is -2.09. The first kappa shape index (κ1) is 22.9. The second kappa shape index (κ2) is 9.67. The minimum Gasteiger partial charge on any atom is -0.357 e. The number of H-pyrrole nitrogens is 2. The van der Waals surface area contributed by atoms with E-state index in [0.29, 0.717) is 0 Å². The van der Waals surface area contributed by atoms with Crippen molar-refractivity contribution in [2.75, 3.05) is 0 Å². The number of allylic oxidation sites excluding steroid dienone is 4. The summed E-state index contributed by atoms with van der Waals surface area (Å²) in [6.07, 6.45) is 10.5. The third kappa shape index (κ3) is 4.43. The Morgan fingerprint density at radius 3 is 2.62 bits per heavy atom. The summed E-state index contributed by atoms with van der Waals surface area (Å²) >= 11 is 0. The number of nitrogens with one attached hydrogen (secondary N) is 2. The predicted octanol–water partition coefficient (Wildman–Crippen LogP) is 6.94. The van der Waals surface area contributed by atoms with Gasteiger partial charge >= 0.3 is 0 Å². The van der Waals surface area contributed by atoms with Crippen LogP contribution in [0, 0.1) is 19.7 Å². The van der Waals surface area contributed by atoms with E-state index in [0.717, 1.165) is 61.6 Å². The van der Waals surface area contributed by atoms with Crippen molar-refractivity contribution in [1.82, 2.24) is 20.2 Å². The van der Waals surface area contributed by atoms with Crippen molar-refractivity contribution in [2.24, 2.45) is 4.99 Å². The van der Waals surface area contributed by atoms with E-state index in [2.05, 4.69) is 38.3 Å². The average molecular weight is 452 g/mol. The summed E-state index contributed by atoms with van der Waals surface area (Å²) in [5.41, 5.74) is 8.35. The molecule has 0 amide bonds. The molecular weight excluding hydrogens is 425 g/mol. The molecule has 0 saturated carbocycles. The highest BCUT2D eigenvalue weighted by atomic mass is 19.1. The van der Waals surface area contributed by atoms with Crippen LogP contribution in [0.5, 0.6) is 0 Å². The molecule has 0 fully saturated rings. The van der Waals surface area contributed by atoms with Crippen molar-refractivity contribution >= 4 is 28.4 Å². The molecule has 170 valence electrons. The molecule has 0 bridgehead atoms. The van der Waals surface area contributed by atoms with Crippen LogP contribution in [0.15, 0.2) is 79.0 Å². The quantitative estimate of drug-likeness (QED) is 0.236. The molecule has 6 heteroatoms. The van der Waals surface area contributed by atoms with Gasteiger partial charge in [-0.25, -0.2) is 4.39 Å². The summed E-state index contributed by atoms with van der Waals surface area (Å²) in [4.78, 5) is 12.4. The highest BCUT2D eigenvalue weighted by Crippen LogP contribution is 2.34. The van der Waals surface area contributed by atoms with Crippen LogP contribution in [0.1, 0.15) is 35.0 Å². The number of benzene rings is 1. The van der Waals surface area contributed by atoms with Gasteiger partial charge in [0.05, 0.1) is 28.8 Å². The molecule has 0 aliphatic carbocycles. The number of aromatic nitrogens is 4. The Kier molecular flexibility index (Phi) is 6.50. The molecule has 0 atom stereocenters. The van der Waals surface area contributed by atoms with Crippen molar-refractivity contribution in [1.29, 1.82) is 0 Å². The summed E-state index contributed by atoms with van der Waals surface area (Å²) in [6.45, 7) is 13.3. The van der Waals surface area contributed by atoms with Gasteiger partial charge in [0.25, 0.3) is 0 Å². The number of halogens is 1. The van der Waals surface area contributed by atoms with Crippen LogP contribution >= 0.6 is 0 Å². The molecule has 3 heterocycles. The minimum absolute atomic E-state index is 0.268. The van der Waals surface area contributed by atoms with Gasteiger partial charge in [0.1, 0.15) is 11.5 Å². The molecule has 0 aliphatic rings. The van der Waals surface area contributed by atoms with E-state index in [1.807, 2.05) is 51.1 Å². The van der Waals surface area contributed by atoms with Gasteiger partial charge in [-0.1, -0.05) is 43.5 Å². The first-order chi connectivity index (χ1) is 16.4. The molecule has 0 aliphatic heterocycles. The number of hydrogen-bond donors (Lipinski definition) is 2. The van der Waals surface area contributed by atoms with Crippen molar-refractivity contribution in [2.45, 2.75) is 20.8 Å². The number of aliphatic imine (C=N–C) groups is 1. The normalized spacial score (nSPS) is 12.6. The molecule has 0 radical (unpaired) electrons. The zero-order valence-corrected chi connectivity index (χ0v) is 19.5. The van der Waals surface area contributed by atoms with Gasteiger partial charge in [0.2, 0.25) is 0 Å². The van der Waals surface area contributed by atoms with Crippen LogP contribution in [0.3, 0.4) is 0 Å². The lowest BCUT2D eigenvalue weighted by molar-refractivity contribution is 0.626. The third-order valence-corrected chi connectivity index (χ3v) is 5.50. The van der Waals surface area contributed by atoms with Crippen LogP contribution in [0.2, 0.25) is 0 Å². The molecular formula is C28H26FN5. The Morgan fingerprint density at radius 2 is 1.91 bits per heavy atom. The summed E-state index contributed by atoms with van der Waals surface area (Å²) < 4.78 is 14.2. The smallest absolute Gasteiger partial charge is 0.124 e. The summed E-state index contributed by atoms with van der Waals surface area (Å²) in [7, 11) is 0. The highest BCUT2D eigenvalue weighted by Gasteiger charge is 2.17. The maximum atomic E-state index is 14.2. The Morgan fingerprint density at radius 1 is 1.09 bits per heavy atom. The summed E-state index contributed by atoms with van der Waals surface area (Å²) in [6, 6.07) is 9.03. The zero-order chi connectivity index (χ0) is 24.2. The van der Waals surface area contributed by atoms with E-state index >= 15 is 0 Å². The molecule has 4 rings (SSSR count). The van der Waals surface area contributed by atoms with Gasteiger partial charge in [-0.05, 0) is 61.7 Å². The van der Waals surface area contributed by atoms with Crippen molar-refractivity contribution in [3.8, 4) is 11.4 Å². The lowest BCUT2D eigenvalue weighted by Crippen LogP contribution is -1.91. The van der Waals surface area contributed by atoms with E-state index in [1.54, 1.807) is 30.6 Å². The van der Waals surface area contributed by atoms with E-state index in [9.17, 15) is 4.39 Å². The molecule has 0 saturated heterocycles. The van der Waals surface area contributed by atoms with Crippen molar-refractivity contribution in [3.63, 3.8) is 0 Å². The second-order valence-electron chi connectivity index (χ2n) is 7.93. The molecule has 34 heavy (non-hydrogen) atoms. The van der Waals surface area contributed by atoms with Gasteiger partial charge in [-0.3, -0.25) is 15.1 Å². The molecule has 1 aromatic carbocycles. The van der Waals surface area contributed by atoms with Gasteiger partial charge in [0.15, 0.2) is 0 Å². The number of aromatic amines is 2. The SMILES string of the molecule is C=CC=N/C(=C\C)c1cc2c(-c3cc(/C(=C\C=C)c4cc(C)cc(F)c4)c(C)[nH]3)n[nH]c2cn1. The van der Waals surface area contributed by atoms with Crippen LogP contribution in [0.4, 0.5) is 4.39 Å². The molecule has 0 spiro atoms. The summed E-state index contributed by atoms with van der Waals surface area (Å²) in [5.74, 6) is -0.268. The maximum absolute atomic E-state index is 14.2. The Bertz CT molecular complexity index is 1460. The van der Waals surface area contributed by atoms with Crippen LogP contribution in [0.25, 0.3) is 33.6 Å². The van der Waals surface area contributed by atoms with Gasteiger partial charge in [-0.15, -0.1) is 0 Å². The van der Waals surface area contributed by atoms with Crippen LogP contribution in [-0.2, 0) is 0 Å². The van der Waals surface area contributed by atoms with Gasteiger partial charge in [0, 0.05) is 22.9 Å². The molecule has 2 N–H and O–H groups in total. The monoisotopic (exact) mass is 451 g/mol. The first-order valence-corrected chi connectivity index (χ1v) is 10.9. The highest BCUT2D eigenvalue weighted by molar-refractivity contribution is 5.95. The number of hydrogen-bond acceptors (Lipinski definition) is 3. The Hall–Kier alpha value is -4.32. The largest absolute Gasteiger partial charge is 0.357 e. The van der Waals surface area contributed by atoms with E-state index in [1.165, 1.54) is 6.07 Å². The fourth-order valence-corrected chi connectivity index (χ4v) is 4.00. The molecule has 5 nitrogen and oxygen atoms in total. The first-order valence-electron chi connectivity index (χ1n) is 10.9. The Labute approximate surface area is 198 Å². The fourth-order valence-electron chi connectivity index (χ4n) is 4.00. The Balaban J connectivity index is 1.82. The molecule has 3 aromatic heterocycles. The fraction of sp³-hybridized carbons (Fsp3) is 0.107. The van der Waals surface area contributed by atoms with E-state index in [-0.39, 0.29) is 5.82 Å². The van der Waals surface area contributed by atoms with Crippen molar-refractivity contribution in [3.05, 3.63) is 108 Å². The number of rotatable bonds is 7. The standard InChI is InChI=1S/C28H26FN5/c1-6-9-21(19-11-17(4)12-20(29)13-19)22-14-26(32-18(22)5)28-23-15-25(24(8-3)30-10-7-2)31-16-27(23)33-34-28/h6-16,32H,1-2H2,3-5H3,(H,33,34)/b21-9-,24-8-,30-10?. The van der Waals surface area contributed by atoms with E-state index < -0.39 is 0 Å². The number of aryl methyl sites for hydroxylation is 2. The third-order valence-electron chi connectivity index (χ3n) is 5.50. The second-order valence-corrected chi connectivity index (χ2v) is 7.93. The van der Waals surface area contributed by atoms with Crippen LogP contribution in [-0.4, -0.2) is 26.4 Å². The zero-order valence-electron chi connectivity index (χ0n) is 19.5. The number of pyridine rings is 1. The molecule has 0 unspecified atom stereocenters. The summed E-state index contributed by atoms with van der Waals surface area (Å²) in [5, 5.41) is 8.52. The maximum Gasteiger partial charge on any atom is 0.124 e. The molecule has 4 aromatic rings. The lowest BCUT2D eigenvalue weighted by atomic mass is 9.96. The number of nitrogens with zero attached hydrogens (tertiary/aromatic N) is 3. The van der Waals surface area contributed by atoms with Crippen LogP contribution < -0.4 is 0 Å². The van der Waals surface area contributed by atoms with Gasteiger partial charge < -0.3 is 4.98 Å². The predicted molar refractivity (Wildman–Crippen MR) is 139 cm³/mol. The average Bonchev–Trinajstić information content (AvgIpc) is 3.40. The minimum atomic E-state index is -0.268. The van der Waals surface area contributed by atoms with Gasteiger partial charge in [-0.2, -0.15) is 5.10 Å².